The lowest BCUT2D eigenvalue weighted by atomic mass is 10.3. The van der Waals surface area contributed by atoms with Crippen molar-refractivity contribution < 1.29 is 48.6 Å². The molecule has 2 aromatic carbocycles. The molecule has 2 rings (SSSR count). The zero-order valence-electron chi connectivity index (χ0n) is 13.0. The maximum Gasteiger partial charge on any atom is 0.387 e. The van der Waals surface area contributed by atoms with Gasteiger partial charge in [0.1, 0.15) is 0 Å². The number of halogens is 7. The van der Waals surface area contributed by atoms with E-state index in [1.807, 2.05) is 0 Å². The normalized spacial score (nSPS) is 11.6. The SMILES string of the molecule is COc1ccc(NS(=O)(=O)c2c(F)c(F)c(F)c(F)c2OC(F)F)cc1F. The standard InChI is InChI=1S/C14H8F7NO4S/c1-25-7-3-2-5(4-6(7)15)22-27(23,24)13-11(19)9(17)8(16)10(18)12(13)26-14(20)21/h2-4,14,22H,1H3. The molecule has 13 heteroatoms. The van der Waals surface area contributed by atoms with Crippen molar-refractivity contribution in [1.29, 1.82) is 0 Å². The Labute approximate surface area is 147 Å². The van der Waals surface area contributed by atoms with E-state index in [-0.39, 0.29) is 5.75 Å². The third-order valence-electron chi connectivity index (χ3n) is 3.06. The number of hydrogen-bond donors (Lipinski definition) is 1. The molecule has 5 nitrogen and oxygen atoms in total. The van der Waals surface area contributed by atoms with Crippen LogP contribution >= 0.6 is 0 Å². The highest BCUT2D eigenvalue weighted by Gasteiger charge is 2.35. The molecule has 0 unspecified atom stereocenters. The van der Waals surface area contributed by atoms with Gasteiger partial charge in [-0.3, -0.25) is 4.72 Å². The molecule has 0 bridgehead atoms. The number of hydrogen-bond acceptors (Lipinski definition) is 4. The zero-order chi connectivity index (χ0) is 20.5. The lowest BCUT2D eigenvalue weighted by molar-refractivity contribution is -0.0551. The average molecular weight is 419 g/mol. The molecule has 0 heterocycles. The first kappa shape index (κ1) is 20.6. The maximum absolute atomic E-state index is 13.9. The van der Waals surface area contributed by atoms with Gasteiger partial charge < -0.3 is 9.47 Å². The summed E-state index contributed by atoms with van der Waals surface area (Å²) in [6.45, 7) is -3.89. The lowest BCUT2D eigenvalue weighted by Crippen LogP contribution is -2.20. The van der Waals surface area contributed by atoms with Crippen LogP contribution in [0.2, 0.25) is 0 Å². The Kier molecular flexibility index (Phi) is 5.73. The number of benzene rings is 2. The molecule has 0 atom stereocenters. The van der Waals surface area contributed by atoms with E-state index >= 15 is 0 Å². The third kappa shape index (κ3) is 4.02. The van der Waals surface area contributed by atoms with Gasteiger partial charge in [-0.25, -0.2) is 26.0 Å². The van der Waals surface area contributed by atoms with Crippen molar-refractivity contribution in [1.82, 2.24) is 0 Å². The summed E-state index contributed by atoms with van der Waals surface area (Å²) in [7, 11) is -4.25. The molecule has 0 saturated carbocycles. The third-order valence-corrected chi connectivity index (χ3v) is 4.47. The van der Waals surface area contributed by atoms with E-state index in [1.165, 1.54) is 4.72 Å². The van der Waals surface area contributed by atoms with Crippen LogP contribution in [0.15, 0.2) is 23.1 Å². The quantitative estimate of drug-likeness (QED) is 0.440. The summed E-state index contributed by atoms with van der Waals surface area (Å²) in [5, 5.41) is 0. The van der Waals surface area contributed by atoms with Crippen LogP contribution in [-0.4, -0.2) is 22.1 Å². The van der Waals surface area contributed by atoms with E-state index in [0.717, 1.165) is 19.2 Å². The van der Waals surface area contributed by atoms with E-state index in [9.17, 15) is 39.2 Å². The Morgan fingerprint density at radius 3 is 2.07 bits per heavy atom. The highest BCUT2D eigenvalue weighted by Crippen LogP contribution is 2.36. The summed E-state index contributed by atoms with van der Waals surface area (Å²) in [6.07, 6.45) is 0. The summed E-state index contributed by atoms with van der Waals surface area (Å²) in [5.74, 6) is -13.6. The number of rotatable bonds is 6. The van der Waals surface area contributed by atoms with Crippen molar-refractivity contribution in [3.63, 3.8) is 0 Å². The molecule has 27 heavy (non-hydrogen) atoms. The Morgan fingerprint density at radius 1 is 0.963 bits per heavy atom. The van der Waals surface area contributed by atoms with Crippen molar-refractivity contribution in [3.05, 3.63) is 47.3 Å². The van der Waals surface area contributed by atoms with Gasteiger partial charge in [0.25, 0.3) is 10.0 Å². The predicted molar refractivity (Wildman–Crippen MR) is 76.7 cm³/mol. The van der Waals surface area contributed by atoms with E-state index < -0.39 is 62.1 Å². The molecule has 0 aromatic heterocycles. The number of sulfonamides is 1. The molecule has 148 valence electrons. The average Bonchev–Trinajstić information content (AvgIpc) is 2.57. The van der Waals surface area contributed by atoms with Gasteiger partial charge in [0.2, 0.25) is 11.6 Å². The first-order valence-electron chi connectivity index (χ1n) is 6.66. The Hall–Kier alpha value is -2.70. The Balaban J connectivity index is 2.62. The van der Waals surface area contributed by atoms with Gasteiger partial charge in [-0.05, 0) is 12.1 Å². The number of alkyl halides is 2. The molecule has 0 aliphatic rings. The van der Waals surface area contributed by atoms with Gasteiger partial charge in [-0.1, -0.05) is 0 Å². The highest BCUT2D eigenvalue weighted by molar-refractivity contribution is 7.92. The monoisotopic (exact) mass is 419 g/mol. The van der Waals surface area contributed by atoms with Crippen LogP contribution in [0.25, 0.3) is 0 Å². The maximum atomic E-state index is 13.9. The fourth-order valence-electron chi connectivity index (χ4n) is 1.96. The second-order valence-electron chi connectivity index (χ2n) is 4.75. The predicted octanol–water partition coefficient (Wildman–Crippen LogP) is 3.79. The summed E-state index contributed by atoms with van der Waals surface area (Å²) < 4.78 is 127. The Bertz CT molecular complexity index is 982. The number of ether oxygens (including phenoxy) is 2. The number of nitrogens with one attached hydrogen (secondary N) is 1. The van der Waals surface area contributed by atoms with Crippen LogP contribution < -0.4 is 14.2 Å². The zero-order valence-corrected chi connectivity index (χ0v) is 13.8. The Morgan fingerprint density at radius 2 is 1.56 bits per heavy atom. The van der Waals surface area contributed by atoms with E-state index in [4.69, 9.17) is 0 Å². The molecule has 1 N–H and O–H groups in total. The minimum Gasteiger partial charge on any atom is -0.494 e. The highest BCUT2D eigenvalue weighted by atomic mass is 32.2. The van der Waals surface area contributed by atoms with Crippen LogP contribution in [0.1, 0.15) is 0 Å². The first-order valence-corrected chi connectivity index (χ1v) is 8.15. The minimum atomic E-state index is -5.36. The topological polar surface area (TPSA) is 64.6 Å². The van der Waals surface area contributed by atoms with Crippen LogP contribution in [0.5, 0.6) is 11.5 Å². The number of methoxy groups -OCH3 is 1. The number of anilines is 1. The molecular formula is C14H8F7NO4S. The van der Waals surface area contributed by atoms with E-state index in [2.05, 4.69) is 9.47 Å². The van der Waals surface area contributed by atoms with Gasteiger partial charge >= 0.3 is 6.61 Å². The molecule has 0 radical (unpaired) electrons. The van der Waals surface area contributed by atoms with Gasteiger partial charge in [-0.15, -0.1) is 0 Å². The second kappa shape index (κ2) is 7.50. The van der Waals surface area contributed by atoms with E-state index in [0.29, 0.717) is 6.07 Å². The smallest absolute Gasteiger partial charge is 0.387 e. The van der Waals surface area contributed by atoms with Crippen LogP contribution in [0.3, 0.4) is 0 Å². The summed E-state index contributed by atoms with van der Waals surface area (Å²) in [5.41, 5.74) is -0.583. The summed E-state index contributed by atoms with van der Waals surface area (Å²) in [4.78, 5) is -2.06. The van der Waals surface area contributed by atoms with Crippen molar-refractivity contribution in [2.24, 2.45) is 0 Å². The molecule has 0 spiro atoms. The first-order chi connectivity index (χ1) is 12.5. The van der Waals surface area contributed by atoms with Gasteiger partial charge in [0.15, 0.2) is 33.8 Å². The summed E-state index contributed by atoms with van der Waals surface area (Å²) in [6, 6.07) is 2.42. The van der Waals surface area contributed by atoms with Gasteiger partial charge in [-0.2, -0.15) is 13.2 Å². The van der Waals surface area contributed by atoms with Gasteiger partial charge in [0, 0.05) is 6.07 Å². The van der Waals surface area contributed by atoms with Crippen molar-refractivity contribution in [3.8, 4) is 11.5 Å². The molecule has 0 amide bonds. The van der Waals surface area contributed by atoms with Crippen LogP contribution in [0, 0.1) is 29.1 Å². The molecular weight excluding hydrogens is 411 g/mol. The summed E-state index contributed by atoms with van der Waals surface area (Å²) >= 11 is 0. The molecule has 2 aromatic rings. The van der Waals surface area contributed by atoms with Crippen LogP contribution in [-0.2, 0) is 10.0 Å². The minimum absolute atomic E-state index is 0.301. The van der Waals surface area contributed by atoms with Gasteiger partial charge in [0.05, 0.1) is 12.8 Å². The molecule has 0 aliphatic heterocycles. The van der Waals surface area contributed by atoms with Crippen molar-refractivity contribution >= 4 is 15.7 Å². The lowest BCUT2D eigenvalue weighted by Gasteiger charge is -2.15. The molecule has 0 fully saturated rings. The fourth-order valence-corrected chi connectivity index (χ4v) is 3.21. The van der Waals surface area contributed by atoms with Crippen LogP contribution in [0.4, 0.5) is 36.4 Å². The molecule has 0 saturated heterocycles. The van der Waals surface area contributed by atoms with Crippen molar-refractivity contribution in [2.45, 2.75) is 11.5 Å². The second-order valence-corrected chi connectivity index (χ2v) is 6.37. The molecule has 0 aliphatic carbocycles. The largest absolute Gasteiger partial charge is 0.494 e. The van der Waals surface area contributed by atoms with Crippen molar-refractivity contribution in [2.75, 3.05) is 11.8 Å². The van der Waals surface area contributed by atoms with E-state index in [1.54, 1.807) is 0 Å². The fraction of sp³-hybridized carbons (Fsp3) is 0.143.